The molecule has 0 unspecified atom stereocenters. The molecule has 0 fully saturated rings. The van der Waals surface area contributed by atoms with E-state index in [-0.39, 0.29) is 0 Å². The third-order valence-electron chi connectivity index (χ3n) is 2.61. The van der Waals surface area contributed by atoms with E-state index in [0.717, 1.165) is 23.1 Å². The molecular weight excluding hydrogens is 266 g/mol. The average Bonchev–Trinajstić information content (AvgIpc) is 2.89. The highest BCUT2D eigenvalue weighted by atomic mass is 35.5. The van der Waals surface area contributed by atoms with Gasteiger partial charge in [-0.2, -0.15) is 0 Å². The fraction of sp³-hybridized carbons (Fsp3) is 0.0769. The molecule has 0 saturated carbocycles. The number of halogens is 1. The second-order valence-corrected chi connectivity index (χ2v) is 5.26. The minimum Gasteiger partial charge on any atom is -0.378 e. The second kappa shape index (κ2) is 4.92. The quantitative estimate of drug-likeness (QED) is 0.786. The maximum atomic E-state index is 6.11. The van der Waals surface area contributed by atoms with Gasteiger partial charge in [-0.15, -0.1) is 11.3 Å². The molecule has 0 atom stereocenters. The third-order valence-corrected chi connectivity index (χ3v) is 3.60. The number of hydrogen-bond acceptors (Lipinski definition) is 4. The van der Waals surface area contributed by atoms with Crippen molar-refractivity contribution in [3.05, 3.63) is 52.1 Å². The SMILES string of the molecule is Clc1cc(NCc2cncs2)c2ncccc2c1. The van der Waals surface area contributed by atoms with Crippen LogP contribution in [0.15, 0.2) is 42.2 Å². The Morgan fingerprint density at radius 2 is 2.28 bits per heavy atom. The van der Waals surface area contributed by atoms with Crippen LogP contribution in [0.2, 0.25) is 5.02 Å². The lowest BCUT2D eigenvalue weighted by Gasteiger charge is -2.08. The zero-order valence-electron chi connectivity index (χ0n) is 9.43. The first-order valence-electron chi connectivity index (χ1n) is 5.48. The van der Waals surface area contributed by atoms with E-state index >= 15 is 0 Å². The summed E-state index contributed by atoms with van der Waals surface area (Å²) in [5.41, 5.74) is 3.71. The molecule has 0 spiro atoms. The van der Waals surface area contributed by atoms with Crippen LogP contribution in [-0.2, 0) is 6.54 Å². The Morgan fingerprint density at radius 1 is 1.33 bits per heavy atom. The fourth-order valence-electron chi connectivity index (χ4n) is 1.80. The number of rotatable bonds is 3. The summed E-state index contributed by atoms with van der Waals surface area (Å²) in [4.78, 5) is 9.62. The maximum Gasteiger partial charge on any atom is 0.0934 e. The third kappa shape index (κ3) is 2.30. The van der Waals surface area contributed by atoms with Crippen molar-refractivity contribution in [2.24, 2.45) is 0 Å². The van der Waals surface area contributed by atoms with Crippen LogP contribution in [-0.4, -0.2) is 9.97 Å². The summed E-state index contributed by atoms with van der Waals surface area (Å²) in [5.74, 6) is 0. The molecule has 0 aliphatic rings. The minimum absolute atomic E-state index is 0.710. The molecule has 3 nitrogen and oxygen atoms in total. The Labute approximate surface area is 113 Å². The summed E-state index contributed by atoms with van der Waals surface area (Å²) in [6.07, 6.45) is 3.64. The largest absolute Gasteiger partial charge is 0.378 e. The lowest BCUT2D eigenvalue weighted by Crippen LogP contribution is -1.99. The number of nitrogens with zero attached hydrogens (tertiary/aromatic N) is 2. The molecule has 90 valence electrons. The molecule has 0 aliphatic carbocycles. The topological polar surface area (TPSA) is 37.8 Å². The first-order chi connectivity index (χ1) is 8.83. The van der Waals surface area contributed by atoms with Gasteiger partial charge in [0.05, 0.1) is 23.3 Å². The fourth-order valence-corrected chi connectivity index (χ4v) is 2.56. The number of nitrogens with one attached hydrogen (secondary N) is 1. The lowest BCUT2D eigenvalue weighted by molar-refractivity contribution is 1.18. The number of pyridine rings is 1. The van der Waals surface area contributed by atoms with E-state index in [1.54, 1.807) is 17.5 Å². The average molecular weight is 276 g/mol. The lowest BCUT2D eigenvalue weighted by atomic mass is 10.2. The van der Waals surface area contributed by atoms with Crippen molar-refractivity contribution in [2.45, 2.75) is 6.54 Å². The summed E-state index contributed by atoms with van der Waals surface area (Å²) < 4.78 is 0. The van der Waals surface area contributed by atoms with Gasteiger partial charge in [0.1, 0.15) is 0 Å². The molecular formula is C13H10ClN3S. The Morgan fingerprint density at radius 3 is 3.11 bits per heavy atom. The van der Waals surface area contributed by atoms with Crippen molar-refractivity contribution >= 4 is 39.5 Å². The van der Waals surface area contributed by atoms with Crippen LogP contribution in [0.4, 0.5) is 5.69 Å². The number of anilines is 1. The van der Waals surface area contributed by atoms with Crippen molar-refractivity contribution in [3.63, 3.8) is 0 Å². The van der Waals surface area contributed by atoms with Gasteiger partial charge in [0, 0.05) is 27.7 Å². The smallest absolute Gasteiger partial charge is 0.0934 e. The molecule has 0 saturated heterocycles. The zero-order valence-corrected chi connectivity index (χ0v) is 11.0. The number of aromatic nitrogens is 2. The van der Waals surface area contributed by atoms with Gasteiger partial charge in [0.25, 0.3) is 0 Å². The van der Waals surface area contributed by atoms with E-state index in [0.29, 0.717) is 5.02 Å². The predicted octanol–water partition coefficient (Wildman–Crippen LogP) is 3.96. The number of benzene rings is 1. The van der Waals surface area contributed by atoms with Crippen LogP contribution in [0.5, 0.6) is 0 Å². The standard InChI is InChI=1S/C13H10ClN3S/c14-10-4-9-2-1-3-16-13(9)12(5-10)17-7-11-6-15-8-18-11/h1-6,8,17H,7H2. The molecule has 3 aromatic rings. The predicted molar refractivity (Wildman–Crippen MR) is 76.2 cm³/mol. The van der Waals surface area contributed by atoms with Crippen LogP contribution >= 0.6 is 22.9 Å². The van der Waals surface area contributed by atoms with Gasteiger partial charge >= 0.3 is 0 Å². The van der Waals surface area contributed by atoms with Gasteiger partial charge in [0.2, 0.25) is 0 Å². The van der Waals surface area contributed by atoms with Crippen LogP contribution in [0.1, 0.15) is 4.88 Å². The van der Waals surface area contributed by atoms with E-state index in [4.69, 9.17) is 11.6 Å². The molecule has 0 bridgehead atoms. The summed E-state index contributed by atoms with van der Waals surface area (Å²) in [6, 6.07) is 7.73. The Hall–Kier alpha value is -1.65. The summed E-state index contributed by atoms with van der Waals surface area (Å²) in [7, 11) is 0. The molecule has 0 aliphatic heterocycles. The van der Waals surface area contributed by atoms with E-state index in [1.807, 2.05) is 36.0 Å². The van der Waals surface area contributed by atoms with Crippen molar-refractivity contribution in [1.29, 1.82) is 0 Å². The zero-order chi connectivity index (χ0) is 12.4. The van der Waals surface area contributed by atoms with Crippen molar-refractivity contribution in [2.75, 3.05) is 5.32 Å². The van der Waals surface area contributed by atoms with Gasteiger partial charge in [-0.1, -0.05) is 17.7 Å². The van der Waals surface area contributed by atoms with Crippen molar-refractivity contribution in [1.82, 2.24) is 9.97 Å². The summed E-state index contributed by atoms with van der Waals surface area (Å²) in [6.45, 7) is 0.733. The molecule has 1 N–H and O–H groups in total. The van der Waals surface area contributed by atoms with Gasteiger partial charge in [-0.05, 0) is 18.2 Å². The first-order valence-corrected chi connectivity index (χ1v) is 6.74. The molecule has 3 rings (SSSR count). The normalized spacial score (nSPS) is 10.7. The number of thiazole rings is 1. The van der Waals surface area contributed by atoms with Gasteiger partial charge in [-0.25, -0.2) is 0 Å². The van der Waals surface area contributed by atoms with Gasteiger partial charge in [-0.3, -0.25) is 9.97 Å². The molecule has 0 radical (unpaired) electrons. The Balaban J connectivity index is 1.95. The Bertz CT molecular complexity index is 667. The molecule has 0 amide bonds. The van der Waals surface area contributed by atoms with Crippen LogP contribution in [0.3, 0.4) is 0 Å². The highest BCUT2D eigenvalue weighted by molar-refractivity contribution is 7.09. The highest BCUT2D eigenvalue weighted by Crippen LogP contribution is 2.26. The highest BCUT2D eigenvalue weighted by Gasteiger charge is 2.04. The molecule has 2 heterocycles. The number of fused-ring (bicyclic) bond motifs is 1. The second-order valence-electron chi connectivity index (χ2n) is 3.85. The van der Waals surface area contributed by atoms with Crippen molar-refractivity contribution < 1.29 is 0 Å². The minimum atomic E-state index is 0.710. The summed E-state index contributed by atoms with van der Waals surface area (Å²) in [5, 5.41) is 5.10. The first kappa shape index (κ1) is 11.4. The van der Waals surface area contributed by atoms with Crippen LogP contribution < -0.4 is 5.32 Å². The van der Waals surface area contributed by atoms with Crippen LogP contribution in [0.25, 0.3) is 10.9 Å². The van der Waals surface area contributed by atoms with E-state index in [1.165, 1.54) is 4.88 Å². The maximum absolute atomic E-state index is 6.11. The summed E-state index contributed by atoms with van der Waals surface area (Å²) >= 11 is 7.73. The molecule has 5 heteroatoms. The van der Waals surface area contributed by atoms with E-state index in [9.17, 15) is 0 Å². The van der Waals surface area contributed by atoms with E-state index in [2.05, 4.69) is 15.3 Å². The number of hydrogen-bond donors (Lipinski definition) is 1. The van der Waals surface area contributed by atoms with Crippen molar-refractivity contribution in [3.8, 4) is 0 Å². The van der Waals surface area contributed by atoms with E-state index < -0.39 is 0 Å². The Kier molecular flexibility index (Phi) is 3.13. The molecule has 18 heavy (non-hydrogen) atoms. The van der Waals surface area contributed by atoms with Crippen LogP contribution in [0, 0.1) is 0 Å². The molecule has 2 aromatic heterocycles. The monoisotopic (exact) mass is 275 g/mol. The van der Waals surface area contributed by atoms with Gasteiger partial charge in [0.15, 0.2) is 0 Å². The molecule has 1 aromatic carbocycles. The van der Waals surface area contributed by atoms with Gasteiger partial charge < -0.3 is 5.32 Å².